The van der Waals surface area contributed by atoms with E-state index in [1.807, 2.05) is 0 Å². The van der Waals surface area contributed by atoms with Gasteiger partial charge in [-0.3, -0.25) is 4.79 Å². The molecule has 0 bridgehead atoms. The van der Waals surface area contributed by atoms with Gasteiger partial charge < -0.3 is 10.4 Å². The first kappa shape index (κ1) is 14.1. The summed E-state index contributed by atoms with van der Waals surface area (Å²) in [5, 5.41) is 18.5. The van der Waals surface area contributed by atoms with E-state index in [9.17, 15) is 9.59 Å². The van der Waals surface area contributed by atoms with Crippen LogP contribution in [0, 0.1) is 0 Å². The van der Waals surface area contributed by atoms with Gasteiger partial charge in [-0.25, -0.2) is 14.5 Å². The average molecular weight is 340 g/mol. The zero-order chi connectivity index (χ0) is 14.5. The predicted molar refractivity (Wildman–Crippen MR) is 71.3 cm³/mol. The number of nitrogens with one attached hydrogen (secondary N) is 1. The first-order valence-corrected chi connectivity index (χ1v) is 6.39. The van der Waals surface area contributed by atoms with Crippen molar-refractivity contribution >= 4 is 27.8 Å². The molecule has 0 aliphatic rings. The average Bonchev–Trinajstić information content (AvgIpc) is 2.87. The van der Waals surface area contributed by atoms with Crippen molar-refractivity contribution in [3.05, 3.63) is 40.4 Å². The van der Waals surface area contributed by atoms with Crippen LogP contribution in [0.1, 0.15) is 20.8 Å². The van der Waals surface area contributed by atoms with E-state index < -0.39 is 5.97 Å². The minimum Gasteiger partial charge on any atom is -0.476 e. The maximum atomic E-state index is 11.8. The number of rotatable bonds is 5. The van der Waals surface area contributed by atoms with E-state index in [-0.39, 0.29) is 11.6 Å². The Morgan fingerprint density at radius 1 is 1.45 bits per heavy atom. The molecule has 2 aromatic heterocycles. The van der Waals surface area contributed by atoms with Crippen LogP contribution in [0.4, 0.5) is 0 Å². The van der Waals surface area contributed by atoms with Gasteiger partial charge in [-0.1, -0.05) is 5.21 Å². The van der Waals surface area contributed by atoms with Gasteiger partial charge in [0.1, 0.15) is 4.60 Å². The number of nitrogens with zero attached hydrogens (tertiary/aromatic N) is 4. The van der Waals surface area contributed by atoms with Gasteiger partial charge in [0, 0.05) is 18.3 Å². The number of hydrogen-bond acceptors (Lipinski definition) is 5. The summed E-state index contributed by atoms with van der Waals surface area (Å²) in [5.41, 5.74) is 0.353. The molecule has 0 aliphatic carbocycles. The van der Waals surface area contributed by atoms with Crippen LogP contribution >= 0.6 is 15.9 Å². The summed E-state index contributed by atoms with van der Waals surface area (Å²) in [6, 6.07) is 3.20. The fraction of sp³-hybridized carbons (Fsp3) is 0.182. The molecule has 0 saturated heterocycles. The second-order valence-electron chi connectivity index (χ2n) is 3.80. The Labute approximate surface area is 121 Å². The third kappa shape index (κ3) is 3.60. The van der Waals surface area contributed by atoms with Crippen LogP contribution in [0.5, 0.6) is 0 Å². The topological polar surface area (TPSA) is 110 Å². The third-order valence-electron chi connectivity index (χ3n) is 2.37. The molecule has 0 saturated carbocycles. The SMILES string of the molecule is O=C(NCCn1cc(C(=O)O)nn1)c1ccnc(Br)c1. The van der Waals surface area contributed by atoms with E-state index in [2.05, 4.69) is 36.5 Å². The van der Waals surface area contributed by atoms with E-state index in [1.54, 1.807) is 12.1 Å². The molecule has 2 aromatic rings. The normalized spacial score (nSPS) is 10.2. The Kier molecular flexibility index (Phi) is 4.41. The van der Waals surface area contributed by atoms with E-state index in [1.165, 1.54) is 17.1 Å². The van der Waals surface area contributed by atoms with Crippen LogP contribution < -0.4 is 5.32 Å². The van der Waals surface area contributed by atoms with E-state index in [0.29, 0.717) is 23.3 Å². The van der Waals surface area contributed by atoms with Crippen molar-refractivity contribution in [3.63, 3.8) is 0 Å². The number of hydrogen-bond donors (Lipinski definition) is 2. The van der Waals surface area contributed by atoms with Gasteiger partial charge in [0.25, 0.3) is 5.91 Å². The smallest absolute Gasteiger partial charge is 0.358 e. The fourth-order valence-electron chi connectivity index (χ4n) is 1.44. The summed E-state index contributed by atoms with van der Waals surface area (Å²) in [4.78, 5) is 26.3. The molecule has 0 fully saturated rings. The zero-order valence-electron chi connectivity index (χ0n) is 10.2. The monoisotopic (exact) mass is 339 g/mol. The van der Waals surface area contributed by atoms with Crippen molar-refractivity contribution in [1.82, 2.24) is 25.3 Å². The van der Waals surface area contributed by atoms with Crippen molar-refractivity contribution in [3.8, 4) is 0 Å². The summed E-state index contributed by atoms with van der Waals surface area (Å²) in [7, 11) is 0. The number of aromatic nitrogens is 4. The lowest BCUT2D eigenvalue weighted by atomic mass is 10.2. The van der Waals surface area contributed by atoms with Crippen molar-refractivity contribution in [2.45, 2.75) is 6.54 Å². The van der Waals surface area contributed by atoms with Gasteiger partial charge in [-0.05, 0) is 28.1 Å². The molecule has 0 aromatic carbocycles. The summed E-state index contributed by atoms with van der Waals surface area (Å²) < 4.78 is 1.93. The van der Waals surface area contributed by atoms with Crippen molar-refractivity contribution < 1.29 is 14.7 Å². The Morgan fingerprint density at radius 3 is 2.90 bits per heavy atom. The standard InChI is InChI=1S/C11H10BrN5O3/c12-9-5-7(1-2-13-9)10(18)14-3-4-17-6-8(11(19)20)15-16-17/h1-2,5-6H,3-4H2,(H,14,18)(H,19,20). The number of carboxylic acids is 1. The van der Waals surface area contributed by atoms with Gasteiger partial charge in [0.15, 0.2) is 5.69 Å². The molecule has 0 atom stereocenters. The highest BCUT2D eigenvalue weighted by Crippen LogP contribution is 2.07. The Morgan fingerprint density at radius 2 is 2.25 bits per heavy atom. The molecule has 20 heavy (non-hydrogen) atoms. The minimum atomic E-state index is -1.14. The second kappa shape index (κ2) is 6.24. The highest BCUT2D eigenvalue weighted by Gasteiger charge is 2.09. The number of carbonyl (C=O) groups excluding carboxylic acids is 1. The largest absolute Gasteiger partial charge is 0.476 e. The number of halogens is 1. The van der Waals surface area contributed by atoms with E-state index in [0.717, 1.165) is 0 Å². The molecule has 2 N–H and O–H groups in total. The maximum absolute atomic E-state index is 11.8. The van der Waals surface area contributed by atoms with Gasteiger partial charge >= 0.3 is 5.97 Å². The summed E-state index contributed by atoms with van der Waals surface area (Å²) in [6.07, 6.45) is 2.83. The van der Waals surface area contributed by atoms with Gasteiger partial charge in [-0.15, -0.1) is 5.10 Å². The number of carboxylic acid groups (broad SMARTS) is 1. The van der Waals surface area contributed by atoms with Crippen molar-refractivity contribution in [1.29, 1.82) is 0 Å². The lowest BCUT2D eigenvalue weighted by Gasteiger charge is -2.05. The highest BCUT2D eigenvalue weighted by molar-refractivity contribution is 9.10. The Hall–Kier alpha value is -2.29. The van der Waals surface area contributed by atoms with Gasteiger partial charge in [-0.2, -0.15) is 0 Å². The molecule has 0 spiro atoms. The first-order chi connectivity index (χ1) is 9.56. The summed E-state index contributed by atoms with van der Waals surface area (Å²) in [6.45, 7) is 0.638. The maximum Gasteiger partial charge on any atom is 0.358 e. The molecule has 0 radical (unpaired) electrons. The summed E-state index contributed by atoms with van der Waals surface area (Å²) >= 11 is 3.18. The van der Waals surface area contributed by atoms with Crippen LogP contribution in [0.3, 0.4) is 0 Å². The highest BCUT2D eigenvalue weighted by atomic mass is 79.9. The molecular formula is C11H10BrN5O3. The molecular weight excluding hydrogens is 330 g/mol. The molecule has 2 heterocycles. The molecule has 0 unspecified atom stereocenters. The van der Waals surface area contributed by atoms with E-state index in [4.69, 9.17) is 5.11 Å². The minimum absolute atomic E-state index is 0.130. The van der Waals surface area contributed by atoms with Crippen LogP contribution in [0.15, 0.2) is 29.1 Å². The van der Waals surface area contributed by atoms with Crippen LogP contribution in [0.2, 0.25) is 0 Å². The number of amides is 1. The molecule has 104 valence electrons. The Bertz CT molecular complexity index is 642. The zero-order valence-corrected chi connectivity index (χ0v) is 11.7. The van der Waals surface area contributed by atoms with Crippen LogP contribution in [-0.4, -0.2) is 43.5 Å². The summed E-state index contributed by atoms with van der Waals surface area (Å²) in [5.74, 6) is -1.38. The number of carbonyl (C=O) groups is 2. The lowest BCUT2D eigenvalue weighted by molar-refractivity contribution is 0.0690. The number of pyridine rings is 1. The van der Waals surface area contributed by atoms with Crippen molar-refractivity contribution in [2.24, 2.45) is 0 Å². The second-order valence-corrected chi connectivity index (χ2v) is 4.61. The number of aromatic carboxylic acids is 1. The van der Waals surface area contributed by atoms with E-state index >= 15 is 0 Å². The van der Waals surface area contributed by atoms with Gasteiger partial charge in [0.05, 0.1) is 12.7 Å². The first-order valence-electron chi connectivity index (χ1n) is 5.59. The molecule has 8 nitrogen and oxygen atoms in total. The molecule has 0 aliphatic heterocycles. The van der Waals surface area contributed by atoms with Crippen molar-refractivity contribution in [2.75, 3.05) is 6.54 Å². The predicted octanol–water partition coefficient (Wildman–Crippen LogP) is 0.564. The Balaban J connectivity index is 1.86. The molecule has 2 rings (SSSR count). The fourth-order valence-corrected chi connectivity index (χ4v) is 1.80. The molecule has 9 heteroatoms. The van der Waals surface area contributed by atoms with Gasteiger partial charge in [0.2, 0.25) is 0 Å². The molecule has 1 amide bonds. The quantitative estimate of drug-likeness (QED) is 0.770. The third-order valence-corrected chi connectivity index (χ3v) is 2.81. The van der Waals surface area contributed by atoms with Crippen LogP contribution in [0.25, 0.3) is 0 Å². The van der Waals surface area contributed by atoms with Crippen LogP contribution in [-0.2, 0) is 6.54 Å². The lowest BCUT2D eigenvalue weighted by Crippen LogP contribution is -2.27.